The fraction of sp³-hybridized carbons (Fsp3) is 0.542. The maximum absolute atomic E-state index is 13.9. The number of carbonyl (C=O) groups excluding carboxylic acids is 1. The predicted molar refractivity (Wildman–Crippen MR) is 119 cm³/mol. The van der Waals surface area contributed by atoms with E-state index in [-0.39, 0.29) is 28.8 Å². The quantitative estimate of drug-likeness (QED) is 0.446. The SMILES string of the molecule is CC1(C)[C@@H]2CC[C@]1(C)/C(=N/NC(=O)c1cc3n(n1)[C@H](C(F)(F)F)C[C@H](c1ccc(F)cc1)N3)C2. The average Bonchev–Trinajstić information content (AvgIpc) is 3.35. The van der Waals surface area contributed by atoms with Crippen molar-refractivity contribution in [3.05, 3.63) is 47.4 Å². The summed E-state index contributed by atoms with van der Waals surface area (Å²) in [7, 11) is 0. The Morgan fingerprint density at radius 2 is 1.94 bits per heavy atom. The zero-order chi connectivity index (χ0) is 24.5. The fourth-order valence-corrected chi connectivity index (χ4v) is 5.87. The van der Waals surface area contributed by atoms with Crippen LogP contribution in [-0.4, -0.2) is 27.6 Å². The monoisotopic (exact) mass is 477 g/mol. The van der Waals surface area contributed by atoms with E-state index in [1.807, 2.05) is 0 Å². The highest BCUT2D eigenvalue weighted by Crippen LogP contribution is 2.63. The molecule has 2 bridgehead atoms. The molecule has 0 spiro atoms. The Morgan fingerprint density at radius 3 is 2.53 bits per heavy atom. The van der Waals surface area contributed by atoms with E-state index >= 15 is 0 Å². The van der Waals surface area contributed by atoms with Gasteiger partial charge in [-0.25, -0.2) is 14.5 Å². The van der Waals surface area contributed by atoms with Crippen molar-refractivity contribution in [1.29, 1.82) is 0 Å². The van der Waals surface area contributed by atoms with Gasteiger partial charge in [0.15, 0.2) is 11.7 Å². The molecule has 3 aliphatic rings. The van der Waals surface area contributed by atoms with Gasteiger partial charge >= 0.3 is 6.18 Å². The third kappa shape index (κ3) is 3.49. The molecule has 0 radical (unpaired) electrons. The Kier molecular flexibility index (Phi) is 5.07. The normalized spacial score (nSPS) is 30.8. The molecule has 0 saturated heterocycles. The minimum atomic E-state index is -4.57. The molecule has 5 rings (SSSR count). The van der Waals surface area contributed by atoms with Gasteiger partial charge in [0.1, 0.15) is 11.6 Å². The van der Waals surface area contributed by atoms with Gasteiger partial charge in [0.25, 0.3) is 5.91 Å². The van der Waals surface area contributed by atoms with E-state index in [1.165, 1.54) is 30.3 Å². The van der Waals surface area contributed by atoms with Crippen LogP contribution in [0.15, 0.2) is 35.4 Å². The number of aromatic nitrogens is 2. The fourth-order valence-electron chi connectivity index (χ4n) is 5.87. The summed E-state index contributed by atoms with van der Waals surface area (Å²) in [6.45, 7) is 6.60. The van der Waals surface area contributed by atoms with E-state index in [4.69, 9.17) is 0 Å². The van der Waals surface area contributed by atoms with Gasteiger partial charge < -0.3 is 5.32 Å². The molecule has 1 aromatic heterocycles. The molecule has 2 heterocycles. The molecule has 0 unspecified atom stereocenters. The van der Waals surface area contributed by atoms with Crippen LogP contribution in [-0.2, 0) is 0 Å². The topological polar surface area (TPSA) is 71.3 Å². The van der Waals surface area contributed by atoms with Crippen LogP contribution in [0, 0.1) is 22.6 Å². The molecule has 2 aliphatic carbocycles. The van der Waals surface area contributed by atoms with Crippen LogP contribution in [0.5, 0.6) is 0 Å². The van der Waals surface area contributed by atoms with Gasteiger partial charge in [0.2, 0.25) is 0 Å². The minimum Gasteiger partial charge on any atom is -0.363 e. The van der Waals surface area contributed by atoms with Crippen LogP contribution in [0.2, 0.25) is 0 Å². The summed E-state index contributed by atoms with van der Waals surface area (Å²) in [5.74, 6) is -0.535. The number of anilines is 1. The van der Waals surface area contributed by atoms with E-state index < -0.39 is 30.0 Å². The Hall–Kier alpha value is -2.91. The van der Waals surface area contributed by atoms with Crippen molar-refractivity contribution in [2.75, 3.05) is 5.32 Å². The first-order valence-corrected chi connectivity index (χ1v) is 11.5. The first-order chi connectivity index (χ1) is 15.9. The molecule has 4 atom stereocenters. The zero-order valence-corrected chi connectivity index (χ0v) is 19.2. The first-order valence-electron chi connectivity index (χ1n) is 11.5. The molecule has 1 amide bonds. The average molecular weight is 478 g/mol. The third-order valence-corrected chi connectivity index (χ3v) is 8.50. The summed E-state index contributed by atoms with van der Waals surface area (Å²) in [4.78, 5) is 12.8. The molecule has 2 N–H and O–H groups in total. The van der Waals surface area contributed by atoms with Crippen LogP contribution >= 0.6 is 0 Å². The second kappa shape index (κ2) is 7.55. The van der Waals surface area contributed by atoms with Crippen molar-refractivity contribution in [2.45, 2.75) is 64.7 Å². The number of benzene rings is 1. The minimum absolute atomic E-state index is 0.0775. The number of hydrogen-bond acceptors (Lipinski definition) is 4. The predicted octanol–water partition coefficient (Wildman–Crippen LogP) is 5.61. The lowest BCUT2D eigenvalue weighted by Gasteiger charge is -2.34. The summed E-state index contributed by atoms with van der Waals surface area (Å²) >= 11 is 0. The maximum atomic E-state index is 13.9. The van der Waals surface area contributed by atoms with Crippen LogP contribution in [0.1, 0.15) is 74.6 Å². The smallest absolute Gasteiger partial charge is 0.363 e. The van der Waals surface area contributed by atoms with Crippen LogP contribution in [0.3, 0.4) is 0 Å². The molecule has 2 fully saturated rings. The number of carbonyl (C=O) groups is 1. The third-order valence-electron chi connectivity index (χ3n) is 8.50. The molecule has 2 saturated carbocycles. The Bertz CT molecular complexity index is 1150. The van der Waals surface area contributed by atoms with Crippen molar-refractivity contribution >= 4 is 17.4 Å². The summed E-state index contributed by atoms with van der Waals surface area (Å²) in [5.41, 5.74) is 3.80. The molecule has 6 nitrogen and oxygen atoms in total. The van der Waals surface area contributed by atoms with E-state index in [1.54, 1.807) is 0 Å². The molecule has 10 heteroatoms. The number of fused-ring (bicyclic) bond motifs is 3. The van der Waals surface area contributed by atoms with E-state index in [9.17, 15) is 22.4 Å². The maximum Gasteiger partial charge on any atom is 0.410 e. The van der Waals surface area contributed by atoms with Crippen LogP contribution in [0.4, 0.5) is 23.4 Å². The molecular formula is C24H27F4N5O. The number of halogens is 4. The highest BCUT2D eigenvalue weighted by atomic mass is 19.4. The second-order valence-corrected chi connectivity index (χ2v) is 10.4. The van der Waals surface area contributed by atoms with Crippen molar-refractivity contribution in [3.8, 4) is 0 Å². The second-order valence-electron chi connectivity index (χ2n) is 10.4. The van der Waals surface area contributed by atoms with Crippen molar-refractivity contribution in [1.82, 2.24) is 15.2 Å². The number of nitrogens with one attached hydrogen (secondary N) is 2. The number of hydrogen-bond donors (Lipinski definition) is 2. The van der Waals surface area contributed by atoms with Gasteiger partial charge in [-0.3, -0.25) is 4.79 Å². The largest absolute Gasteiger partial charge is 0.410 e. The number of alkyl halides is 3. The summed E-state index contributed by atoms with van der Waals surface area (Å²) in [5, 5.41) is 11.4. The van der Waals surface area contributed by atoms with Gasteiger partial charge in [0, 0.05) is 23.6 Å². The summed E-state index contributed by atoms with van der Waals surface area (Å²) in [6.07, 6.45) is -1.97. The number of rotatable bonds is 3. The number of hydrazone groups is 1. The van der Waals surface area contributed by atoms with Gasteiger partial charge in [-0.15, -0.1) is 0 Å². The van der Waals surface area contributed by atoms with Gasteiger partial charge in [-0.05, 0) is 48.3 Å². The van der Waals surface area contributed by atoms with E-state index in [0.717, 1.165) is 29.7 Å². The molecule has 1 aliphatic heterocycles. The standard InChI is InChI=1S/C24H27F4N5O/c1-22(2)14-8-9-23(22,3)18(10-14)30-31-21(34)17-12-20-29-16(13-4-6-15(25)7-5-13)11-19(24(26,27)28)33(20)32-17/h4-7,12,14,16,19,29H,8-11H2,1-3H3,(H,31,34)/b30-18+/t14-,16-,19+,23-/m1/s1. The molecular weight excluding hydrogens is 450 g/mol. The Morgan fingerprint density at radius 1 is 1.24 bits per heavy atom. The van der Waals surface area contributed by atoms with Gasteiger partial charge in [0.05, 0.1) is 6.04 Å². The molecule has 182 valence electrons. The highest BCUT2D eigenvalue weighted by molar-refractivity contribution is 5.97. The van der Waals surface area contributed by atoms with Gasteiger partial charge in [-0.2, -0.15) is 23.4 Å². The molecule has 2 aromatic rings. The van der Waals surface area contributed by atoms with E-state index in [2.05, 4.69) is 41.7 Å². The lowest BCUT2D eigenvalue weighted by molar-refractivity contribution is -0.173. The first kappa shape index (κ1) is 22.9. The number of amides is 1. The lowest BCUT2D eigenvalue weighted by Crippen LogP contribution is -2.36. The Balaban J connectivity index is 1.39. The van der Waals surface area contributed by atoms with E-state index in [0.29, 0.717) is 11.5 Å². The van der Waals surface area contributed by atoms with Crippen molar-refractivity contribution < 1.29 is 22.4 Å². The van der Waals surface area contributed by atoms with Crippen LogP contribution < -0.4 is 10.7 Å². The number of nitrogens with zero attached hydrogens (tertiary/aromatic N) is 3. The summed E-state index contributed by atoms with van der Waals surface area (Å²) in [6, 6.07) is 4.00. The Labute approximate surface area is 194 Å². The lowest BCUT2D eigenvalue weighted by atomic mass is 9.70. The van der Waals surface area contributed by atoms with Crippen molar-refractivity contribution in [2.24, 2.45) is 21.8 Å². The van der Waals surface area contributed by atoms with Crippen LogP contribution in [0.25, 0.3) is 0 Å². The van der Waals surface area contributed by atoms with Crippen molar-refractivity contribution in [3.63, 3.8) is 0 Å². The molecule has 1 aromatic carbocycles. The zero-order valence-electron chi connectivity index (χ0n) is 19.2. The van der Waals surface area contributed by atoms with Gasteiger partial charge in [-0.1, -0.05) is 32.9 Å². The molecule has 34 heavy (non-hydrogen) atoms. The highest BCUT2D eigenvalue weighted by Gasteiger charge is 2.60. The summed E-state index contributed by atoms with van der Waals surface area (Å²) < 4.78 is 55.7.